The molecule has 1 N–H and O–H groups in total. The van der Waals surface area contributed by atoms with E-state index >= 15 is 0 Å². The molecule has 8 heteroatoms. The van der Waals surface area contributed by atoms with E-state index in [9.17, 15) is 25.0 Å². The number of hydrogen-bond acceptors (Lipinski definition) is 5. The maximum atomic E-state index is 11.9. The lowest BCUT2D eigenvalue weighted by Gasteiger charge is -2.10. The Kier molecular flexibility index (Phi) is 3.92. The molecule has 1 aromatic carbocycles. The molecule has 20 heavy (non-hydrogen) atoms. The number of rotatable bonds is 4. The molecule has 2 rings (SSSR count). The lowest BCUT2D eigenvalue weighted by Crippen LogP contribution is -2.20. The van der Waals surface area contributed by atoms with Crippen molar-refractivity contribution in [2.75, 3.05) is 5.32 Å². The van der Waals surface area contributed by atoms with E-state index in [1.54, 1.807) is 0 Å². The van der Waals surface area contributed by atoms with E-state index in [-0.39, 0.29) is 23.2 Å². The molecule has 0 heterocycles. The van der Waals surface area contributed by atoms with Gasteiger partial charge in [-0.25, -0.2) is 0 Å². The number of nitro benzene ring substituents is 2. The summed E-state index contributed by atoms with van der Waals surface area (Å²) in [4.78, 5) is 32.0. The summed E-state index contributed by atoms with van der Waals surface area (Å²) in [7, 11) is 0. The Morgan fingerprint density at radius 3 is 2.35 bits per heavy atom. The molecule has 0 saturated heterocycles. The summed E-state index contributed by atoms with van der Waals surface area (Å²) in [5.41, 5.74) is -0.849. The largest absolute Gasteiger partial charge is 0.320 e. The third-order valence-corrected chi connectivity index (χ3v) is 3.37. The van der Waals surface area contributed by atoms with Crippen molar-refractivity contribution in [2.45, 2.75) is 25.7 Å². The second-order valence-electron chi connectivity index (χ2n) is 4.69. The summed E-state index contributed by atoms with van der Waals surface area (Å²) >= 11 is 0. The molecule has 0 aromatic heterocycles. The van der Waals surface area contributed by atoms with Crippen LogP contribution in [0.2, 0.25) is 0 Å². The van der Waals surface area contributed by atoms with E-state index in [0.717, 1.165) is 37.8 Å². The van der Waals surface area contributed by atoms with Crippen molar-refractivity contribution in [2.24, 2.45) is 5.92 Å². The van der Waals surface area contributed by atoms with Gasteiger partial charge in [-0.3, -0.25) is 25.0 Å². The van der Waals surface area contributed by atoms with E-state index < -0.39 is 15.5 Å². The molecular formula is C12H13N3O5. The zero-order valence-corrected chi connectivity index (χ0v) is 10.6. The Morgan fingerprint density at radius 2 is 1.80 bits per heavy atom. The summed E-state index contributed by atoms with van der Waals surface area (Å²) < 4.78 is 0. The fourth-order valence-electron chi connectivity index (χ4n) is 2.31. The lowest BCUT2D eigenvalue weighted by atomic mass is 10.1. The smallest absolute Gasteiger partial charge is 0.299 e. The van der Waals surface area contributed by atoms with Gasteiger partial charge in [-0.15, -0.1) is 0 Å². The summed E-state index contributed by atoms with van der Waals surface area (Å²) in [6.07, 6.45) is 3.49. The van der Waals surface area contributed by atoms with Crippen LogP contribution in [0.5, 0.6) is 0 Å². The van der Waals surface area contributed by atoms with E-state index in [0.29, 0.717) is 0 Å². The van der Waals surface area contributed by atoms with Crippen LogP contribution in [0, 0.1) is 26.1 Å². The summed E-state index contributed by atoms with van der Waals surface area (Å²) in [5.74, 6) is -0.399. The van der Waals surface area contributed by atoms with Crippen LogP contribution in [0.1, 0.15) is 25.7 Å². The Balaban J connectivity index is 2.24. The van der Waals surface area contributed by atoms with Crippen molar-refractivity contribution in [3.63, 3.8) is 0 Å². The molecule has 1 saturated carbocycles. The third kappa shape index (κ3) is 2.90. The molecule has 106 valence electrons. The molecule has 0 bridgehead atoms. The summed E-state index contributed by atoms with van der Waals surface area (Å²) in [6.45, 7) is 0. The summed E-state index contributed by atoms with van der Waals surface area (Å²) in [6, 6.07) is 3.19. The average molecular weight is 279 g/mol. The highest BCUT2D eigenvalue weighted by Crippen LogP contribution is 2.31. The van der Waals surface area contributed by atoms with Gasteiger partial charge in [0.15, 0.2) is 0 Å². The fourth-order valence-corrected chi connectivity index (χ4v) is 2.31. The standard InChI is InChI=1S/C12H13N3O5/c16-12(8-3-1-2-4-8)13-10-6-5-9(14(17)18)7-11(10)15(19)20/h5-8H,1-4H2,(H,13,16). The minimum Gasteiger partial charge on any atom is -0.320 e. The van der Waals surface area contributed by atoms with Crippen LogP contribution in [0.3, 0.4) is 0 Å². The van der Waals surface area contributed by atoms with E-state index in [1.807, 2.05) is 0 Å². The van der Waals surface area contributed by atoms with Crippen LogP contribution in [-0.2, 0) is 4.79 Å². The second kappa shape index (κ2) is 5.64. The first-order valence-corrected chi connectivity index (χ1v) is 6.22. The van der Waals surface area contributed by atoms with Gasteiger partial charge in [0.1, 0.15) is 5.69 Å². The SMILES string of the molecule is O=C(Nc1ccc([N+](=O)[O-])cc1[N+](=O)[O-])C1CCCC1. The van der Waals surface area contributed by atoms with Crippen molar-refractivity contribution in [3.8, 4) is 0 Å². The zero-order chi connectivity index (χ0) is 14.7. The minimum absolute atomic E-state index is 0.00231. The molecule has 0 aliphatic heterocycles. The van der Waals surface area contributed by atoms with Gasteiger partial charge in [-0.05, 0) is 18.9 Å². The van der Waals surface area contributed by atoms with Crippen LogP contribution in [0.15, 0.2) is 18.2 Å². The van der Waals surface area contributed by atoms with Gasteiger partial charge in [0.25, 0.3) is 11.4 Å². The number of carbonyl (C=O) groups excluding carboxylic acids is 1. The maximum Gasteiger partial charge on any atom is 0.299 e. The first-order valence-electron chi connectivity index (χ1n) is 6.22. The third-order valence-electron chi connectivity index (χ3n) is 3.37. The van der Waals surface area contributed by atoms with Gasteiger partial charge in [0.2, 0.25) is 5.91 Å². The normalized spacial score (nSPS) is 15.0. The number of benzene rings is 1. The number of nitrogens with one attached hydrogen (secondary N) is 1. The van der Waals surface area contributed by atoms with Gasteiger partial charge in [0, 0.05) is 12.0 Å². The molecule has 1 amide bonds. The van der Waals surface area contributed by atoms with Crippen LogP contribution in [-0.4, -0.2) is 15.8 Å². The molecular weight excluding hydrogens is 266 g/mol. The topological polar surface area (TPSA) is 115 Å². The van der Waals surface area contributed by atoms with Crippen LogP contribution >= 0.6 is 0 Å². The fraction of sp³-hybridized carbons (Fsp3) is 0.417. The van der Waals surface area contributed by atoms with Crippen molar-refractivity contribution < 1.29 is 14.6 Å². The quantitative estimate of drug-likeness (QED) is 0.671. The predicted molar refractivity (Wildman–Crippen MR) is 70.3 cm³/mol. The Morgan fingerprint density at radius 1 is 1.15 bits per heavy atom. The predicted octanol–water partition coefficient (Wildman–Crippen LogP) is 2.63. The molecule has 1 aliphatic carbocycles. The Bertz CT molecular complexity index is 566. The van der Waals surface area contributed by atoms with Gasteiger partial charge in [-0.1, -0.05) is 12.8 Å². The second-order valence-corrected chi connectivity index (χ2v) is 4.69. The van der Waals surface area contributed by atoms with Gasteiger partial charge in [0.05, 0.1) is 15.9 Å². The van der Waals surface area contributed by atoms with Gasteiger partial charge < -0.3 is 5.32 Å². The number of nitrogens with zero attached hydrogens (tertiary/aromatic N) is 2. The molecule has 0 radical (unpaired) electrons. The average Bonchev–Trinajstić information content (AvgIpc) is 2.92. The number of hydrogen-bond donors (Lipinski definition) is 1. The first kappa shape index (κ1) is 13.9. The molecule has 1 fully saturated rings. The van der Waals surface area contributed by atoms with Crippen molar-refractivity contribution >= 4 is 23.0 Å². The Labute approximate surface area is 114 Å². The molecule has 0 atom stereocenters. The molecule has 0 spiro atoms. The Hall–Kier alpha value is -2.51. The molecule has 1 aliphatic rings. The number of amides is 1. The van der Waals surface area contributed by atoms with Crippen molar-refractivity contribution in [1.29, 1.82) is 0 Å². The number of nitro groups is 2. The van der Waals surface area contributed by atoms with E-state index in [1.165, 1.54) is 6.07 Å². The first-order chi connectivity index (χ1) is 9.49. The lowest BCUT2D eigenvalue weighted by molar-refractivity contribution is -0.393. The van der Waals surface area contributed by atoms with Crippen LogP contribution < -0.4 is 5.32 Å². The zero-order valence-electron chi connectivity index (χ0n) is 10.6. The highest BCUT2D eigenvalue weighted by molar-refractivity contribution is 5.95. The highest BCUT2D eigenvalue weighted by atomic mass is 16.6. The highest BCUT2D eigenvalue weighted by Gasteiger charge is 2.26. The van der Waals surface area contributed by atoms with Crippen molar-refractivity contribution in [3.05, 3.63) is 38.4 Å². The van der Waals surface area contributed by atoms with Crippen LogP contribution in [0.4, 0.5) is 17.1 Å². The minimum atomic E-state index is -0.739. The monoisotopic (exact) mass is 279 g/mol. The molecule has 8 nitrogen and oxygen atoms in total. The van der Waals surface area contributed by atoms with E-state index in [2.05, 4.69) is 5.32 Å². The van der Waals surface area contributed by atoms with Gasteiger partial charge in [-0.2, -0.15) is 0 Å². The van der Waals surface area contributed by atoms with Gasteiger partial charge >= 0.3 is 0 Å². The summed E-state index contributed by atoms with van der Waals surface area (Å²) in [5, 5.41) is 24.0. The van der Waals surface area contributed by atoms with E-state index in [4.69, 9.17) is 0 Å². The number of carbonyl (C=O) groups is 1. The van der Waals surface area contributed by atoms with Crippen molar-refractivity contribution in [1.82, 2.24) is 0 Å². The number of non-ortho nitro benzene ring substituents is 1. The maximum absolute atomic E-state index is 11.9. The molecule has 1 aromatic rings. The molecule has 0 unspecified atom stereocenters. The number of anilines is 1. The van der Waals surface area contributed by atoms with Crippen LogP contribution in [0.25, 0.3) is 0 Å².